The largest absolute Gasteiger partial charge is 0.480 e. The van der Waals surface area contributed by atoms with Gasteiger partial charge in [-0.1, -0.05) is 27.7 Å². The van der Waals surface area contributed by atoms with Gasteiger partial charge in [-0.3, -0.25) is 24.0 Å². The molecule has 0 aliphatic carbocycles. The second-order valence-corrected chi connectivity index (χ2v) is 8.48. The third kappa shape index (κ3) is 11.3. The molecule has 188 valence electrons. The van der Waals surface area contributed by atoms with Crippen molar-refractivity contribution in [1.82, 2.24) is 16.0 Å². The van der Waals surface area contributed by atoms with Crippen LogP contribution in [-0.4, -0.2) is 64.8 Å². The molecule has 0 saturated heterocycles. The predicted octanol–water partition coefficient (Wildman–Crippen LogP) is -2.30. The van der Waals surface area contributed by atoms with Gasteiger partial charge < -0.3 is 38.3 Å². The Hall–Kier alpha value is -3.22. The molecular weight excluding hydrogens is 436 g/mol. The van der Waals surface area contributed by atoms with Gasteiger partial charge in [0.1, 0.15) is 18.1 Å². The average Bonchev–Trinajstić information content (AvgIpc) is 2.69. The smallest absolute Gasteiger partial charge is 0.326 e. The van der Waals surface area contributed by atoms with Crippen molar-refractivity contribution in [1.29, 1.82) is 0 Å². The first-order chi connectivity index (χ1) is 15.2. The van der Waals surface area contributed by atoms with Gasteiger partial charge in [-0.15, -0.1) is 0 Å². The van der Waals surface area contributed by atoms with Gasteiger partial charge in [0.15, 0.2) is 0 Å². The van der Waals surface area contributed by atoms with Crippen molar-refractivity contribution in [2.24, 2.45) is 29.0 Å². The molecule has 0 radical (unpaired) electrons. The topological polar surface area (TPSA) is 237 Å². The molecular formula is C20H36N6O7. The summed E-state index contributed by atoms with van der Waals surface area (Å²) in [5, 5.41) is 16.6. The van der Waals surface area contributed by atoms with Crippen LogP contribution in [0.2, 0.25) is 0 Å². The van der Waals surface area contributed by atoms with Crippen molar-refractivity contribution in [3.8, 4) is 0 Å². The quantitative estimate of drug-likeness (QED) is 0.136. The fraction of sp³-hybridized carbons (Fsp3) is 0.700. The minimum atomic E-state index is -1.25. The lowest BCUT2D eigenvalue weighted by molar-refractivity contribution is -0.144. The van der Waals surface area contributed by atoms with Crippen LogP contribution in [0.4, 0.5) is 0 Å². The maximum Gasteiger partial charge on any atom is 0.326 e. The highest BCUT2D eigenvalue weighted by atomic mass is 16.4. The number of carboxylic acid groups (broad SMARTS) is 1. The van der Waals surface area contributed by atoms with Crippen molar-refractivity contribution >= 4 is 35.5 Å². The molecule has 0 aromatic rings. The molecule has 5 amide bonds. The minimum Gasteiger partial charge on any atom is -0.480 e. The molecule has 0 aliphatic rings. The summed E-state index contributed by atoms with van der Waals surface area (Å²) in [6.07, 6.45) is -0.579. The van der Waals surface area contributed by atoms with Crippen LogP contribution < -0.4 is 33.2 Å². The van der Waals surface area contributed by atoms with E-state index in [0.717, 1.165) is 0 Å². The molecule has 0 aromatic carbocycles. The minimum absolute atomic E-state index is 0.0475. The van der Waals surface area contributed by atoms with Gasteiger partial charge in [-0.25, -0.2) is 4.79 Å². The zero-order valence-electron chi connectivity index (χ0n) is 19.4. The van der Waals surface area contributed by atoms with E-state index < -0.39 is 71.5 Å². The molecule has 0 aliphatic heterocycles. The van der Waals surface area contributed by atoms with Gasteiger partial charge in [0, 0.05) is 12.8 Å². The van der Waals surface area contributed by atoms with Crippen molar-refractivity contribution in [2.45, 2.75) is 77.5 Å². The van der Waals surface area contributed by atoms with Crippen molar-refractivity contribution < 1.29 is 33.9 Å². The van der Waals surface area contributed by atoms with Crippen LogP contribution in [0, 0.1) is 11.8 Å². The number of hydrogen-bond acceptors (Lipinski definition) is 7. The number of carbonyl (C=O) groups is 6. The van der Waals surface area contributed by atoms with Gasteiger partial charge in [-0.2, -0.15) is 0 Å². The van der Waals surface area contributed by atoms with E-state index in [1.807, 2.05) is 0 Å². The lowest BCUT2D eigenvalue weighted by Gasteiger charge is -2.27. The zero-order chi connectivity index (χ0) is 25.9. The summed E-state index contributed by atoms with van der Waals surface area (Å²) in [4.78, 5) is 71.4. The summed E-state index contributed by atoms with van der Waals surface area (Å²) in [5.74, 6) is -5.65. The molecule has 0 rings (SSSR count). The Morgan fingerprint density at radius 2 is 1.15 bits per heavy atom. The highest BCUT2D eigenvalue weighted by Gasteiger charge is 2.32. The Kier molecular flexibility index (Phi) is 12.7. The number of carbonyl (C=O) groups excluding carboxylic acids is 5. The summed E-state index contributed by atoms with van der Waals surface area (Å²) < 4.78 is 0. The van der Waals surface area contributed by atoms with E-state index >= 15 is 0 Å². The molecule has 0 fully saturated rings. The van der Waals surface area contributed by atoms with Crippen LogP contribution in [0.1, 0.15) is 53.4 Å². The molecule has 13 heteroatoms. The van der Waals surface area contributed by atoms with Crippen molar-refractivity contribution in [3.63, 3.8) is 0 Å². The van der Waals surface area contributed by atoms with Crippen LogP contribution in [0.3, 0.4) is 0 Å². The zero-order valence-corrected chi connectivity index (χ0v) is 19.4. The second kappa shape index (κ2) is 14.0. The molecule has 4 unspecified atom stereocenters. The van der Waals surface area contributed by atoms with E-state index in [0.29, 0.717) is 0 Å². The van der Waals surface area contributed by atoms with Crippen LogP contribution in [-0.2, 0) is 28.8 Å². The molecule has 0 bridgehead atoms. The first kappa shape index (κ1) is 29.8. The summed E-state index contributed by atoms with van der Waals surface area (Å²) in [6, 6.07) is -4.66. The Balaban J connectivity index is 5.46. The molecule has 4 atom stereocenters. The second-order valence-electron chi connectivity index (χ2n) is 8.48. The molecule has 33 heavy (non-hydrogen) atoms. The van der Waals surface area contributed by atoms with Gasteiger partial charge in [0.25, 0.3) is 0 Å². The van der Waals surface area contributed by atoms with E-state index in [1.165, 1.54) is 0 Å². The van der Waals surface area contributed by atoms with Crippen LogP contribution in [0.5, 0.6) is 0 Å². The Morgan fingerprint density at radius 1 is 0.697 bits per heavy atom. The van der Waals surface area contributed by atoms with Crippen LogP contribution in [0.15, 0.2) is 0 Å². The number of nitrogens with one attached hydrogen (secondary N) is 3. The van der Waals surface area contributed by atoms with E-state index in [2.05, 4.69) is 16.0 Å². The van der Waals surface area contributed by atoms with E-state index in [-0.39, 0.29) is 25.7 Å². The first-order valence-electron chi connectivity index (χ1n) is 10.6. The maximum absolute atomic E-state index is 12.9. The number of primary amides is 2. The van der Waals surface area contributed by atoms with Crippen molar-refractivity contribution in [2.75, 3.05) is 0 Å². The van der Waals surface area contributed by atoms with Crippen LogP contribution >= 0.6 is 0 Å². The monoisotopic (exact) mass is 472 g/mol. The predicted molar refractivity (Wildman–Crippen MR) is 118 cm³/mol. The number of amides is 5. The molecule has 13 nitrogen and oxygen atoms in total. The standard InChI is InChI=1S/C20H36N6O7/c1-9(2)15(19(31)26-16(10(3)4)20(32)33)25-18(30)12(6-8-14(23)28)24-17(29)11(21)5-7-13(22)27/h9-12,15-16H,5-8,21H2,1-4H3,(H2,22,27)(H2,23,28)(H,24,29)(H,25,30)(H,26,31)(H,32,33). The Bertz CT molecular complexity index is 740. The third-order valence-corrected chi connectivity index (χ3v) is 4.83. The average molecular weight is 473 g/mol. The van der Waals surface area contributed by atoms with Crippen LogP contribution in [0.25, 0.3) is 0 Å². The summed E-state index contributed by atoms with van der Waals surface area (Å²) >= 11 is 0. The number of rotatable bonds is 15. The number of aliphatic carboxylic acids is 1. The number of nitrogens with two attached hydrogens (primary N) is 3. The molecule has 10 N–H and O–H groups in total. The highest BCUT2D eigenvalue weighted by molar-refractivity contribution is 5.94. The Labute approximate surface area is 192 Å². The fourth-order valence-electron chi connectivity index (χ4n) is 2.81. The fourth-order valence-corrected chi connectivity index (χ4v) is 2.81. The molecule has 0 aromatic heterocycles. The lowest BCUT2D eigenvalue weighted by atomic mass is 9.99. The summed E-state index contributed by atoms with van der Waals surface area (Å²) in [5.41, 5.74) is 15.9. The molecule has 0 spiro atoms. The normalized spacial score (nSPS) is 14.6. The van der Waals surface area contributed by atoms with Gasteiger partial charge in [0.05, 0.1) is 6.04 Å². The van der Waals surface area contributed by atoms with Gasteiger partial charge >= 0.3 is 5.97 Å². The van der Waals surface area contributed by atoms with Gasteiger partial charge in [0.2, 0.25) is 29.5 Å². The highest BCUT2D eigenvalue weighted by Crippen LogP contribution is 2.08. The maximum atomic E-state index is 12.9. The third-order valence-electron chi connectivity index (χ3n) is 4.83. The summed E-state index contributed by atoms with van der Waals surface area (Å²) in [7, 11) is 0. The van der Waals surface area contributed by atoms with E-state index in [1.54, 1.807) is 27.7 Å². The SMILES string of the molecule is CC(C)C(NC(=O)C(NC(=O)C(CCC(N)=O)NC(=O)C(N)CCC(N)=O)C(C)C)C(=O)O. The molecule has 0 heterocycles. The van der Waals surface area contributed by atoms with Gasteiger partial charge in [-0.05, 0) is 24.7 Å². The van der Waals surface area contributed by atoms with E-state index in [4.69, 9.17) is 17.2 Å². The van der Waals surface area contributed by atoms with Crippen molar-refractivity contribution in [3.05, 3.63) is 0 Å². The lowest BCUT2D eigenvalue weighted by Crippen LogP contribution is -2.59. The summed E-state index contributed by atoms with van der Waals surface area (Å²) in [6.45, 7) is 6.54. The first-order valence-corrected chi connectivity index (χ1v) is 10.6. The molecule has 0 saturated carbocycles. The Morgan fingerprint density at radius 3 is 1.58 bits per heavy atom. The number of hydrogen-bond donors (Lipinski definition) is 7. The number of carboxylic acids is 1. The van der Waals surface area contributed by atoms with E-state index in [9.17, 15) is 33.9 Å².